The maximum absolute atomic E-state index is 5.79. The van der Waals surface area contributed by atoms with E-state index >= 15 is 0 Å². The summed E-state index contributed by atoms with van der Waals surface area (Å²) in [7, 11) is 0. The highest BCUT2D eigenvalue weighted by Crippen LogP contribution is 2.28. The average Bonchev–Trinajstić information content (AvgIpc) is 2.37. The van der Waals surface area contributed by atoms with Crippen LogP contribution in [0.25, 0.3) is 0 Å². The molecule has 6 heteroatoms. The Hall–Kier alpha value is -1.95. The van der Waals surface area contributed by atoms with Crippen LogP contribution in [0.15, 0.2) is 40.4 Å². The first-order valence-corrected chi connectivity index (χ1v) is 7.23. The Morgan fingerprint density at radius 1 is 1.25 bits per heavy atom. The number of rotatable bonds is 5. The van der Waals surface area contributed by atoms with Crippen LogP contribution in [-0.4, -0.2) is 16.1 Å². The third kappa shape index (κ3) is 4.03. The van der Waals surface area contributed by atoms with Crippen LogP contribution in [0.4, 0.5) is 11.5 Å². The second-order valence-electron chi connectivity index (χ2n) is 4.42. The number of anilines is 2. The Balaban J connectivity index is 2.19. The molecular formula is C14H18N4OS. The van der Waals surface area contributed by atoms with E-state index in [1.807, 2.05) is 31.2 Å². The number of hydrogen-bond donors (Lipinski definition) is 2. The minimum Gasteiger partial charge on any atom is -0.475 e. The van der Waals surface area contributed by atoms with E-state index in [4.69, 9.17) is 16.2 Å². The molecule has 1 unspecified atom stereocenters. The fourth-order valence-corrected chi connectivity index (χ4v) is 2.34. The lowest BCUT2D eigenvalue weighted by Crippen LogP contribution is -2.11. The van der Waals surface area contributed by atoms with Gasteiger partial charge in [0.25, 0.3) is 0 Å². The third-order valence-corrected chi connectivity index (χ3v) is 3.52. The number of nitrogens with zero attached hydrogens (tertiary/aromatic N) is 2. The van der Waals surface area contributed by atoms with Crippen LogP contribution in [0.3, 0.4) is 0 Å². The zero-order chi connectivity index (χ0) is 14.5. The molecule has 5 nitrogen and oxygen atoms in total. The molecule has 1 atom stereocenters. The number of ether oxygens (including phenoxy) is 1. The van der Waals surface area contributed by atoms with Gasteiger partial charge in [0, 0.05) is 16.6 Å². The molecule has 2 aromatic rings. The van der Waals surface area contributed by atoms with E-state index in [1.165, 1.54) is 11.8 Å². The number of hydrogen-bond acceptors (Lipinski definition) is 6. The summed E-state index contributed by atoms with van der Waals surface area (Å²) in [6.45, 7) is 4.04. The molecule has 1 aromatic heterocycles. The van der Waals surface area contributed by atoms with Gasteiger partial charge in [-0.15, -0.1) is 0 Å². The fraction of sp³-hybridized carbons (Fsp3) is 0.286. The maximum atomic E-state index is 5.79. The Kier molecular flexibility index (Phi) is 4.68. The molecule has 1 heterocycles. The average molecular weight is 290 g/mol. The first-order chi connectivity index (χ1) is 9.56. The molecular weight excluding hydrogens is 272 g/mol. The summed E-state index contributed by atoms with van der Waals surface area (Å²) >= 11 is 1.40. The number of benzene rings is 1. The fourth-order valence-electron chi connectivity index (χ4n) is 1.50. The molecule has 0 amide bonds. The lowest BCUT2D eigenvalue weighted by molar-refractivity contribution is 0.207. The Bertz CT molecular complexity index is 591. The number of nitrogen functional groups attached to an aromatic ring is 2. The molecule has 0 spiro atoms. The normalized spacial score (nSPS) is 12.1. The van der Waals surface area contributed by atoms with Crippen molar-refractivity contribution in [1.29, 1.82) is 0 Å². The molecule has 0 fully saturated rings. The van der Waals surface area contributed by atoms with Crippen LogP contribution in [0.2, 0.25) is 0 Å². The quantitative estimate of drug-likeness (QED) is 0.650. The molecule has 0 saturated carbocycles. The molecule has 0 aliphatic heterocycles. The topological polar surface area (TPSA) is 87.0 Å². The Morgan fingerprint density at radius 2 is 2.05 bits per heavy atom. The molecule has 4 N–H and O–H groups in total. The maximum Gasteiger partial charge on any atom is 0.219 e. The van der Waals surface area contributed by atoms with E-state index in [0.29, 0.717) is 22.5 Å². The summed E-state index contributed by atoms with van der Waals surface area (Å²) in [6.07, 6.45) is 0.997. The molecule has 0 bridgehead atoms. The number of nitrogens with two attached hydrogens (primary N) is 2. The van der Waals surface area contributed by atoms with Crippen molar-refractivity contribution in [1.82, 2.24) is 9.97 Å². The second-order valence-corrected chi connectivity index (χ2v) is 5.47. The summed E-state index contributed by atoms with van der Waals surface area (Å²) in [5, 5.41) is 0.550. The highest BCUT2D eigenvalue weighted by atomic mass is 32.2. The van der Waals surface area contributed by atoms with Crippen LogP contribution in [0.1, 0.15) is 20.3 Å². The van der Waals surface area contributed by atoms with Gasteiger partial charge in [-0.3, -0.25) is 0 Å². The van der Waals surface area contributed by atoms with Crippen molar-refractivity contribution in [2.75, 3.05) is 11.5 Å². The largest absolute Gasteiger partial charge is 0.475 e. The summed E-state index contributed by atoms with van der Waals surface area (Å²) in [4.78, 5) is 9.52. The lowest BCUT2D eigenvalue weighted by atomic mass is 10.3. The lowest BCUT2D eigenvalue weighted by Gasteiger charge is -2.12. The first-order valence-electron chi connectivity index (χ1n) is 6.41. The third-order valence-electron chi connectivity index (χ3n) is 2.67. The van der Waals surface area contributed by atoms with Crippen LogP contribution >= 0.6 is 11.8 Å². The van der Waals surface area contributed by atoms with Gasteiger partial charge in [-0.1, -0.05) is 13.0 Å². The molecule has 0 saturated heterocycles. The van der Waals surface area contributed by atoms with E-state index in [-0.39, 0.29) is 6.10 Å². The van der Waals surface area contributed by atoms with Crippen molar-refractivity contribution in [2.45, 2.75) is 36.4 Å². The van der Waals surface area contributed by atoms with E-state index in [0.717, 1.165) is 11.3 Å². The highest BCUT2D eigenvalue weighted by molar-refractivity contribution is 7.99. The van der Waals surface area contributed by atoms with Crippen molar-refractivity contribution in [3.63, 3.8) is 0 Å². The van der Waals surface area contributed by atoms with Gasteiger partial charge in [0.15, 0.2) is 5.16 Å². The summed E-state index contributed by atoms with van der Waals surface area (Å²) in [5.41, 5.74) is 12.2. The zero-order valence-corrected chi connectivity index (χ0v) is 12.4. The molecule has 0 radical (unpaired) electrons. The molecule has 2 rings (SSSR count). The summed E-state index contributed by atoms with van der Waals surface area (Å²) in [5.74, 6) is 0.892. The van der Waals surface area contributed by atoms with Gasteiger partial charge < -0.3 is 16.2 Å². The molecule has 20 heavy (non-hydrogen) atoms. The highest BCUT2D eigenvalue weighted by Gasteiger charge is 2.08. The molecule has 1 aromatic carbocycles. The smallest absolute Gasteiger partial charge is 0.219 e. The summed E-state index contributed by atoms with van der Waals surface area (Å²) in [6, 6.07) is 9.17. The van der Waals surface area contributed by atoms with E-state index in [1.54, 1.807) is 6.07 Å². The SMILES string of the molecule is CCC(C)Oc1cc(N)nc(Sc2cccc(N)c2)n1. The van der Waals surface area contributed by atoms with Crippen LogP contribution in [-0.2, 0) is 0 Å². The van der Waals surface area contributed by atoms with Crippen molar-refractivity contribution in [3.05, 3.63) is 30.3 Å². The Labute approximate surface area is 122 Å². The predicted molar refractivity (Wildman–Crippen MR) is 81.8 cm³/mol. The standard InChI is InChI=1S/C14H18N4OS/c1-3-9(2)19-13-8-12(16)17-14(18-13)20-11-6-4-5-10(15)7-11/h4-9H,3,15H2,1-2H3,(H2,16,17,18). The van der Waals surface area contributed by atoms with Gasteiger partial charge >= 0.3 is 0 Å². The van der Waals surface area contributed by atoms with Gasteiger partial charge in [-0.25, -0.2) is 4.98 Å². The van der Waals surface area contributed by atoms with Gasteiger partial charge in [0.2, 0.25) is 5.88 Å². The van der Waals surface area contributed by atoms with E-state index in [9.17, 15) is 0 Å². The monoisotopic (exact) mass is 290 g/mol. The van der Waals surface area contributed by atoms with Crippen molar-refractivity contribution in [2.24, 2.45) is 0 Å². The van der Waals surface area contributed by atoms with Gasteiger partial charge in [-0.05, 0) is 43.3 Å². The van der Waals surface area contributed by atoms with Gasteiger partial charge in [-0.2, -0.15) is 4.98 Å². The minimum absolute atomic E-state index is 0.0921. The van der Waals surface area contributed by atoms with Crippen LogP contribution in [0, 0.1) is 0 Å². The second kappa shape index (κ2) is 6.47. The predicted octanol–water partition coefficient (Wildman–Crippen LogP) is 2.97. The van der Waals surface area contributed by atoms with Crippen molar-refractivity contribution < 1.29 is 4.74 Å². The Morgan fingerprint density at radius 3 is 2.75 bits per heavy atom. The minimum atomic E-state index is 0.0921. The van der Waals surface area contributed by atoms with Crippen LogP contribution in [0.5, 0.6) is 5.88 Å². The zero-order valence-electron chi connectivity index (χ0n) is 11.5. The van der Waals surface area contributed by atoms with Crippen molar-refractivity contribution >= 4 is 23.3 Å². The molecule has 106 valence electrons. The first kappa shape index (κ1) is 14.5. The molecule has 0 aliphatic rings. The van der Waals surface area contributed by atoms with Gasteiger partial charge in [0.1, 0.15) is 5.82 Å². The van der Waals surface area contributed by atoms with Crippen LogP contribution < -0.4 is 16.2 Å². The van der Waals surface area contributed by atoms with Crippen molar-refractivity contribution in [3.8, 4) is 5.88 Å². The summed E-state index contributed by atoms with van der Waals surface area (Å²) < 4.78 is 5.68. The van der Waals surface area contributed by atoms with E-state index in [2.05, 4.69) is 16.9 Å². The molecule has 0 aliphatic carbocycles. The number of aromatic nitrogens is 2. The van der Waals surface area contributed by atoms with E-state index < -0.39 is 0 Å². The van der Waals surface area contributed by atoms with Gasteiger partial charge in [0.05, 0.1) is 6.10 Å².